The number of hydrogen-bond acceptors (Lipinski definition) is 5. The molecule has 6 heteroatoms. The molecule has 0 saturated carbocycles. The van der Waals surface area contributed by atoms with Gasteiger partial charge in [0.15, 0.2) is 16.8 Å². The summed E-state index contributed by atoms with van der Waals surface area (Å²) in [7, 11) is 0. The number of thioether (sulfide) groups is 1. The maximum Gasteiger partial charge on any atom is 0.189 e. The fourth-order valence-electron chi connectivity index (χ4n) is 0.933. The summed E-state index contributed by atoms with van der Waals surface area (Å²) in [5.41, 5.74) is 5.65. The lowest BCUT2D eigenvalue weighted by Crippen LogP contribution is -2.15. The summed E-state index contributed by atoms with van der Waals surface area (Å²) >= 11 is 1.38. The first-order valence-electron chi connectivity index (χ1n) is 4.21. The Morgan fingerprint density at radius 3 is 2.79 bits per heavy atom. The van der Waals surface area contributed by atoms with E-state index in [1.807, 2.05) is 6.26 Å². The lowest BCUT2D eigenvalue weighted by atomic mass is 10.4. The van der Waals surface area contributed by atoms with Crippen molar-refractivity contribution in [2.45, 2.75) is 12.1 Å². The molecule has 0 unspecified atom stereocenters. The molecule has 14 heavy (non-hydrogen) atoms. The van der Waals surface area contributed by atoms with Crippen molar-refractivity contribution in [3.05, 3.63) is 11.5 Å². The van der Waals surface area contributed by atoms with Crippen LogP contribution in [0.2, 0.25) is 0 Å². The molecule has 3 N–H and O–H groups in total. The Kier molecular flexibility index (Phi) is 4.09. The minimum Gasteiger partial charge on any atom is -0.366 e. The van der Waals surface area contributed by atoms with Crippen molar-refractivity contribution in [1.82, 2.24) is 9.97 Å². The van der Waals surface area contributed by atoms with E-state index in [0.717, 1.165) is 0 Å². The zero-order chi connectivity index (χ0) is 10.6. The van der Waals surface area contributed by atoms with Crippen molar-refractivity contribution < 1.29 is 4.39 Å². The number of halogens is 1. The van der Waals surface area contributed by atoms with Gasteiger partial charge in [0.1, 0.15) is 0 Å². The van der Waals surface area contributed by atoms with Gasteiger partial charge in [-0.15, -0.1) is 0 Å². The minimum atomic E-state index is -0.406. The first kappa shape index (κ1) is 11.2. The molecule has 0 spiro atoms. The molecule has 0 atom stereocenters. The van der Waals surface area contributed by atoms with Crippen molar-refractivity contribution in [3.63, 3.8) is 0 Å². The van der Waals surface area contributed by atoms with Gasteiger partial charge in [-0.2, -0.15) is 0 Å². The van der Waals surface area contributed by atoms with Crippen LogP contribution in [0.15, 0.2) is 5.16 Å². The second kappa shape index (κ2) is 5.11. The van der Waals surface area contributed by atoms with Gasteiger partial charge < -0.3 is 11.1 Å². The number of nitrogens with zero attached hydrogens (tertiary/aromatic N) is 2. The summed E-state index contributed by atoms with van der Waals surface area (Å²) in [6.07, 6.45) is 1.85. The van der Waals surface area contributed by atoms with Crippen molar-refractivity contribution in [2.24, 2.45) is 5.73 Å². The molecule has 0 amide bonds. The average Bonchev–Trinajstić information content (AvgIpc) is 2.20. The number of rotatable bonds is 4. The molecule has 0 aliphatic rings. The standard InChI is InChI=1S/C8H13FN4S/c1-5-6(9)7(11-4-3-10)13-8(12-5)14-2/h3-4,10H2,1-2H3,(H,11,12,13). The molecule has 1 aromatic rings. The zero-order valence-corrected chi connectivity index (χ0v) is 8.99. The molecular formula is C8H13FN4S. The number of hydrogen-bond donors (Lipinski definition) is 2. The lowest BCUT2D eigenvalue weighted by molar-refractivity contribution is 0.596. The summed E-state index contributed by atoms with van der Waals surface area (Å²) < 4.78 is 13.4. The maximum absolute atomic E-state index is 13.4. The van der Waals surface area contributed by atoms with Crippen molar-refractivity contribution in [1.29, 1.82) is 0 Å². The summed E-state index contributed by atoms with van der Waals surface area (Å²) in [6.45, 7) is 2.56. The Hall–Kier alpha value is -0.880. The normalized spacial score (nSPS) is 10.3. The highest BCUT2D eigenvalue weighted by atomic mass is 32.2. The van der Waals surface area contributed by atoms with E-state index >= 15 is 0 Å². The van der Waals surface area contributed by atoms with Crippen LogP contribution in [0.5, 0.6) is 0 Å². The summed E-state index contributed by atoms with van der Waals surface area (Å²) in [6, 6.07) is 0. The van der Waals surface area contributed by atoms with Crippen LogP contribution in [0.1, 0.15) is 5.69 Å². The molecule has 1 rings (SSSR count). The van der Waals surface area contributed by atoms with Gasteiger partial charge in [-0.25, -0.2) is 14.4 Å². The molecule has 1 aromatic heterocycles. The second-order valence-corrected chi connectivity index (χ2v) is 3.45. The lowest BCUT2D eigenvalue weighted by Gasteiger charge is -2.07. The topological polar surface area (TPSA) is 63.8 Å². The Morgan fingerprint density at radius 1 is 1.50 bits per heavy atom. The van der Waals surface area contributed by atoms with Gasteiger partial charge in [0.05, 0.1) is 5.69 Å². The van der Waals surface area contributed by atoms with Crippen LogP contribution in [-0.4, -0.2) is 29.3 Å². The largest absolute Gasteiger partial charge is 0.366 e. The average molecular weight is 216 g/mol. The van der Waals surface area contributed by atoms with Crippen molar-refractivity contribution in [2.75, 3.05) is 24.7 Å². The molecule has 0 fully saturated rings. The molecule has 0 saturated heterocycles. The molecule has 0 aromatic carbocycles. The van der Waals surface area contributed by atoms with Crippen LogP contribution in [0.25, 0.3) is 0 Å². The van der Waals surface area contributed by atoms with Crippen LogP contribution in [-0.2, 0) is 0 Å². The number of nitrogens with two attached hydrogens (primary N) is 1. The monoisotopic (exact) mass is 216 g/mol. The summed E-state index contributed by atoms with van der Waals surface area (Å²) in [4.78, 5) is 7.96. The molecule has 0 radical (unpaired) electrons. The van der Waals surface area contributed by atoms with Crippen LogP contribution < -0.4 is 11.1 Å². The number of aryl methyl sites for hydroxylation is 1. The van der Waals surface area contributed by atoms with E-state index < -0.39 is 5.82 Å². The predicted octanol–water partition coefficient (Wildman–Crippen LogP) is 1.02. The third-order valence-electron chi connectivity index (χ3n) is 1.62. The van der Waals surface area contributed by atoms with Crippen molar-refractivity contribution >= 4 is 17.6 Å². The van der Waals surface area contributed by atoms with E-state index in [0.29, 0.717) is 23.9 Å². The van der Waals surface area contributed by atoms with Crippen LogP contribution in [0.4, 0.5) is 10.2 Å². The fraction of sp³-hybridized carbons (Fsp3) is 0.500. The van der Waals surface area contributed by atoms with Gasteiger partial charge >= 0.3 is 0 Å². The highest BCUT2D eigenvalue weighted by Crippen LogP contribution is 2.17. The zero-order valence-electron chi connectivity index (χ0n) is 8.17. The number of nitrogens with one attached hydrogen (secondary N) is 1. The van der Waals surface area contributed by atoms with E-state index in [1.54, 1.807) is 6.92 Å². The minimum absolute atomic E-state index is 0.229. The van der Waals surface area contributed by atoms with Gasteiger partial charge in [0, 0.05) is 13.1 Å². The Bertz CT molecular complexity index is 318. The van der Waals surface area contributed by atoms with Gasteiger partial charge in [0.25, 0.3) is 0 Å². The van der Waals surface area contributed by atoms with E-state index in [2.05, 4.69) is 15.3 Å². The Balaban J connectivity index is 2.95. The highest BCUT2D eigenvalue weighted by Gasteiger charge is 2.09. The summed E-state index contributed by atoms with van der Waals surface area (Å²) in [5, 5.41) is 3.37. The van der Waals surface area contributed by atoms with E-state index in [-0.39, 0.29) is 5.82 Å². The van der Waals surface area contributed by atoms with Gasteiger partial charge in [-0.3, -0.25) is 0 Å². The van der Waals surface area contributed by atoms with E-state index in [1.165, 1.54) is 11.8 Å². The molecule has 4 nitrogen and oxygen atoms in total. The third kappa shape index (κ3) is 2.55. The van der Waals surface area contributed by atoms with Gasteiger partial charge in [0.2, 0.25) is 0 Å². The molecule has 0 bridgehead atoms. The van der Waals surface area contributed by atoms with E-state index in [4.69, 9.17) is 5.73 Å². The smallest absolute Gasteiger partial charge is 0.189 e. The van der Waals surface area contributed by atoms with Crippen LogP contribution in [0, 0.1) is 12.7 Å². The van der Waals surface area contributed by atoms with E-state index in [9.17, 15) is 4.39 Å². The number of aromatic nitrogens is 2. The van der Waals surface area contributed by atoms with Crippen LogP contribution in [0.3, 0.4) is 0 Å². The van der Waals surface area contributed by atoms with Gasteiger partial charge in [-0.1, -0.05) is 11.8 Å². The molecule has 1 heterocycles. The quantitative estimate of drug-likeness (QED) is 0.581. The first-order chi connectivity index (χ1) is 6.69. The Morgan fingerprint density at radius 2 is 2.21 bits per heavy atom. The number of anilines is 1. The maximum atomic E-state index is 13.4. The van der Waals surface area contributed by atoms with Crippen LogP contribution >= 0.6 is 11.8 Å². The second-order valence-electron chi connectivity index (χ2n) is 2.67. The third-order valence-corrected chi connectivity index (χ3v) is 2.16. The molecule has 78 valence electrons. The molecular weight excluding hydrogens is 203 g/mol. The molecule has 0 aliphatic carbocycles. The Labute approximate surface area is 86.5 Å². The fourth-order valence-corrected chi connectivity index (χ4v) is 1.34. The van der Waals surface area contributed by atoms with Crippen molar-refractivity contribution in [3.8, 4) is 0 Å². The SMILES string of the molecule is CSc1nc(C)c(F)c(NCCN)n1. The highest BCUT2D eigenvalue weighted by molar-refractivity contribution is 7.98. The molecule has 0 aliphatic heterocycles. The van der Waals surface area contributed by atoms with Gasteiger partial charge in [-0.05, 0) is 13.2 Å². The summed E-state index contributed by atoms with van der Waals surface area (Å²) in [5.74, 6) is -0.177. The first-order valence-corrected chi connectivity index (χ1v) is 5.43. The predicted molar refractivity (Wildman–Crippen MR) is 56.1 cm³/mol.